The lowest BCUT2D eigenvalue weighted by Crippen LogP contribution is -2.07. The van der Waals surface area contributed by atoms with Crippen molar-refractivity contribution < 1.29 is 9.90 Å². The van der Waals surface area contributed by atoms with Crippen molar-refractivity contribution in [1.29, 1.82) is 0 Å². The zero-order chi connectivity index (χ0) is 9.97. The molecule has 2 aromatic rings. The van der Waals surface area contributed by atoms with Gasteiger partial charge in [0.05, 0.1) is 0 Å². The summed E-state index contributed by atoms with van der Waals surface area (Å²) in [5, 5.41) is 23.6. The second kappa shape index (κ2) is 3.25. The van der Waals surface area contributed by atoms with Gasteiger partial charge in [0.15, 0.2) is 0 Å². The van der Waals surface area contributed by atoms with Crippen molar-refractivity contribution in [3.05, 3.63) is 35.7 Å². The van der Waals surface area contributed by atoms with Gasteiger partial charge in [-0.2, -0.15) is 5.21 Å². The van der Waals surface area contributed by atoms with Gasteiger partial charge >= 0.3 is 0 Å². The van der Waals surface area contributed by atoms with E-state index in [1.807, 2.05) is 0 Å². The minimum absolute atomic E-state index is 0.0499. The van der Waals surface area contributed by atoms with Crippen LogP contribution in [0.3, 0.4) is 0 Å². The number of hydrogen-bond donors (Lipinski definition) is 1. The molecule has 0 aliphatic rings. The first-order valence-electron chi connectivity index (χ1n) is 3.83. The molecule has 0 fully saturated rings. The minimum atomic E-state index is -0.524. The molecule has 14 heavy (non-hydrogen) atoms. The number of carbonyl (C=O) groups excluding carboxylic acids is 1. The molecule has 1 heterocycles. The molecular weight excluding hydrogens is 184 g/mol. The molecule has 70 valence electrons. The van der Waals surface area contributed by atoms with Crippen molar-refractivity contribution >= 4 is 5.78 Å². The lowest BCUT2D eigenvalue weighted by Gasteiger charge is -2.08. The van der Waals surface area contributed by atoms with E-state index in [0.29, 0.717) is 0 Å². The average Bonchev–Trinajstić information content (AvgIpc) is 2.70. The van der Waals surface area contributed by atoms with Crippen LogP contribution in [0.5, 0.6) is 5.75 Å². The Bertz CT molecular complexity index is 452. The first kappa shape index (κ1) is 8.36. The number of para-hydroxylation sites is 1. The Labute approximate surface area is 78.6 Å². The first-order valence-corrected chi connectivity index (χ1v) is 3.83. The topological polar surface area (TPSA) is 94.6 Å². The molecule has 6 heteroatoms. The van der Waals surface area contributed by atoms with Gasteiger partial charge in [-0.15, -0.1) is 10.2 Å². The third-order valence-electron chi connectivity index (χ3n) is 1.68. The van der Waals surface area contributed by atoms with Gasteiger partial charge in [0.2, 0.25) is 11.6 Å². The normalized spacial score (nSPS) is 10.0. The van der Waals surface area contributed by atoms with Crippen molar-refractivity contribution in [2.75, 3.05) is 0 Å². The molecule has 0 saturated heterocycles. The van der Waals surface area contributed by atoms with Crippen LogP contribution in [-0.2, 0) is 0 Å². The molecule has 1 aromatic carbocycles. The highest BCUT2D eigenvalue weighted by Gasteiger charge is 2.13. The molecule has 0 atom stereocenters. The van der Waals surface area contributed by atoms with Gasteiger partial charge in [-0.25, -0.2) is 0 Å². The van der Waals surface area contributed by atoms with E-state index in [1.54, 1.807) is 12.1 Å². The number of nitrogens with zero attached hydrogens (tertiary/aromatic N) is 3. The molecule has 1 N–H and O–H groups in total. The Balaban J connectivity index is 2.42. The second-order valence-electron chi connectivity index (χ2n) is 2.56. The number of ketones is 1. The van der Waals surface area contributed by atoms with Crippen molar-refractivity contribution in [3.63, 3.8) is 0 Å². The van der Waals surface area contributed by atoms with Gasteiger partial charge in [-0.1, -0.05) is 30.0 Å². The molecule has 0 unspecified atom stereocenters. The molecule has 0 radical (unpaired) electrons. The number of tetrazole rings is 1. The Morgan fingerprint density at radius 3 is 2.79 bits per heavy atom. The summed E-state index contributed by atoms with van der Waals surface area (Å²) in [6, 6.07) is 5.92. The molecule has 2 rings (SSSR count). The van der Waals surface area contributed by atoms with Gasteiger partial charge in [-0.05, 0) is 5.21 Å². The lowest BCUT2D eigenvalue weighted by molar-refractivity contribution is -0.268. The van der Waals surface area contributed by atoms with Crippen LogP contribution in [0.15, 0.2) is 24.3 Å². The molecular formula is C8H5N4O2-. The largest absolute Gasteiger partial charge is 0.872 e. The van der Waals surface area contributed by atoms with E-state index in [4.69, 9.17) is 0 Å². The van der Waals surface area contributed by atoms with Crippen LogP contribution in [0.4, 0.5) is 0 Å². The van der Waals surface area contributed by atoms with Gasteiger partial charge in [0, 0.05) is 5.56 Å². The van der Waals surface area contributed by atoms with Gasteiger partial charge < -0.3 is 5.11 Å². The lowest BCUT2D eigenvalue weighted by atomic mass is 10.1. The fraction of sp³-hybridized carbons (Fsp3) is 0. The predicted molar refractivity (Wildman–Crippen MR) is 43.5 cm³/mol. The maximum Gasteiger partial charge on any atom is 0.245 e. The Morgan fingerprint density at radius 1 is 1.36 bits per heavy atom. The van der Waals surface area contributed by atoms with E-state index in [1.165, 1.54) is 12.1 Å². The van der Waals surface area contributed by atoms with E-state index < -0.39 is 5.78 Å². The number of carbonyl (C=O) groups is 1. The standard InChI is InChI=1S/C8H6N4O2/c13-6-4-2-1-3-5(6)7(14)8-9-11-12-10-8/h1-4,13H,(H,9,10,11,12)/p-1. The van der Waals surface area contributed by atoms with E-state index >= 15 is 0 Å². The first-order chi connectivity index (χ1) is 6.79. The van der Waals surface area contributed by atoms with Crippen LogP contribution in [0.25, 0.3) is 0 Å². The summed E-state index contributed by atoms with van der Waals surface area (Å²) in [5.74, 6) is -0.972. The summed E-state index contributed by atoms with van der Waals surface area (Å²) in [4.78, 5) is 11.5. The van der Waals surface area contributed by atoms with E-state index in [9.17, 15) is 9.90 Å². The van der Waals surface area contributed by atoms with Crippen LogP contribution in [0.2, 0.25) is 0 Å². The highest BCUT2D eigenvalue weighted by Crippen LogP contribution is 2.14. The highest BCUT2D eigenvalue weighted by molar-refractivity contribution is 6.07. The van der Waals surface area contributed by atoms with Crippen molar-refractivity contribution in [2.45, 2.75) is 0 Å². The number of hydrogen-bond acceptors (Lipinski definition) is 5. The number of nitrogens with one attached hydrogen (secondary N) is 1. The summed E-state index contributed by atoms with van der Waals surface area (Å²) < 4.78 is 0. The van der Waals surface area contributed by atoms with Gasteiger partial charge in [0.1, 0.15) is 0 Å². The number of aromatic amines is 1. The Hall–Kier alpha value is -2.24. The fourth-order valence-electron chi connectivity index (χ4n) is 1.03. The average molecular weight is 189 g/mol. The van der Waals surface area contributed by atoms with Crippen molar-refractivity contribution in [3.8, 4) is 5.75 Å². The summed E-state index contributed by atoms with van der Waals surface area (Å²) >= 11 is 0. The summed E-state index contributed by atoms with van der Waals surface area (Å²) in [5.41, 5.74) is 0.0499. The van der Waals surface area contributed by atoms with Crippen LogP contribution < -0.4 is 5.11 Å². The number of H-pyrrole nitrogens is 1. The molecule has 0 aliphatic carbocycles. The third-order valence-corrected chi connectivity index (χ3v) is 1.68. The number of aromatic nitrogens is 4. The smallest absolute Gasteiger partial charge is 0.245 e. The Kier molecular flexibility index (Phi) is 1.94. The van der Waals surface area contributed by atoms with Crippen LogP contribution in [0.1, 0.15) is 16.2 Å². The van der Waals surface area contributed by atoms with Crippen LogP contribution in [0, 0.1) is 0 Å². The zero-order valence-corrected chi connectivity index (χ0v) is 6.97. The third kappa shape index (κ3) is 1.33. The summed E-state index contributed by atoms with van der Waals surface area (Å²) in [6.07, 6.45) is 0. The highest BCUT2D eigenvalue weighted by atomic mass is 16.3. The molecule has 1 aromatic heterocycles. The van der Waals surface area contributed by atoms with Crippen LogP contribution >= 0.6 is 0 Å². The molecule has 0 spiro atoms. The maximum atomic E-state index is 11.5. The molecule has 0 saturated carbocycles. The monoisotopic (exact) mass is 189 g/mol. The maximum absolute atomic E-state index is 11.5. The molecule has 0 bridgehead atoms. The predicted octanol–water partition coefficient (Wildman–Crippen LogP) is -0.496. The zero-order valence-electron chi connectivity index (χ0n) is 6.97. The van der Waals surface area contributed by atoms with Crippen molar-refractivity contribution in [2.24, 2.45) is 0 Å². The van der Waals surface area contributed by atoms with Gasteiger partial charge in [-0.3, -0.25) is 4.79 Å². The van der Waals surface area contributed by atoms with Crippen LogP contribution in [-0.4, -0.2) is 26.4 Å². The number of rotatable bonds is 2. The number of benzene rings is 1. The van der Waals surface area contributed by atoms with E-state index in [0.717, 1.165) is 0 Å². The molecule has 0 amide bonds. The molecule has 6 nitrogen and oxygen atoms in total. The quantitative estimate of drug-likeness (QED) is 0.643. The van der Waals surface area contributed by atoms with E-state index in [2.05, 4.69) is 20.6 Å². The van der Waals surface area contributed by atoms with Crippen molar-refractivity contribution in [1.82, 2.24) is 20.6 Å². The fourth-order valence-corrected chi connectivity index (χ4v) is 1.03. The minimum Gasteiger partial charge on any atom is -0.872 e. The van der Waals surface area contributed by atoms with E-state index in [-0.39, 0.29) is 17.1 Å². The summed E-state index contributed by atoms with van der Waals surface area (Å²) in [7, 11) is 0. The summed E-state index contributed by atoms with van der Waals surface area (Å²) in [6.45, 7) is 0. The second-order valence-corrected chi connectivity index (χ2v) is 2.56. The SMILES string of the molecule is O=C(c1nn[nH]n1)c1ccccc1[O-]. The molecule has 0 aliphatic heterocycles. The van der Waals surface area contributed by atoms with Gasteiger partial charge in [0.25, 0.3) is 0 Å². The Morgan fingerprint density at radius 2 is 2.14 bits per heavy atom.